The van der Waals surface area contributed by atoms with Crippen molar-refractivity contribution in [3.63, 3.8) is 0 Å². The van der Waals surface area contributed by atoms with Crippen molar-refractivity contribution in [3.8, 4) is 0 Å². The SMILES string of the molecule is Cc1ccc(C(=O)NCC(=O)OC(C)C(=O)Nc2ccc3ccccc3c2)cc1C. The molecule has 154 valence electrons. The van der Waals surface area contributed by atoms with E-state index < -0.39 is 18.0 Å². The fourth-order valence-electron chi connectivity index (χ4n) is 2.94. The standard InChI is InChI=1S/C24H24N2O4/c1-15-8-9-20(12-16(15)2)24(29)25-14-22(27)30-17(3)23(28)26-21-11-10-18-6-4-5-7-19(18)13-21/h4-13,17H,14H2,1-3H3,(H,25,29)(H,26,28). The molecular weight excluding hydrogens is 380 g/mol. The second-order valence-electron chi connectivity index (χ2n) is 7.16. The Morgan fingerprint density at radius 2 is 1.63 bits per heavy atom. The van der Waals surface area contributed by atoms with Gasteiger partial charge in [0, 0.05) is 11.3 Å². The number of benzene rings is 3. The predicted molar refractivity (Wildman–Crippen MR) is 116 cm³/mol. The van der Waals surface area contributed by atoms with Gasteiger partial charge in [0.15, 0.2) is 6.10 Å². The smallest absolute Gasteiger partial charge is 0.326 e. The molecule has 3 aromatic carbocycles. The van der Waals surface area contributed by atoms with Crippen LogP contribution in [0.25, 0.3) is 10.8 Å². The first-order valence-electron chi connectivity index (χ1n) is 9.68. The molecule has 0 aromatic heterocycles. The molecule has 3 rings (SSSR count). The fraction of sp³-hybridized carbons (Fsp3) is 0.208. The molecule has 2 amide bonds. The van der Waals surface area contributed by atoms with Gasteiger partial charge in [0.2, 0.25) is 0 Å². The zero-order chi connectivity index (χ0) is 21.7. The second-order valence-corrected chi connectivity index (χ2v) is 7.16. The monoisotopic (exact) mass is 404 g/mol. The maximum atomic E-state index is 12.3. The first kappa shape index (κ1) is 21.0. The van der Waals surface area contributed by atoms with Crippen molar-refractivity contribution in [3.05, 3.63) is 77.4 Å². The van der Waals surface area contributed by atoms with E-state index in [2.05, 4.69) is 10.6 Å². The van der Waals surface area contributed by atoms with Crippen molar-refractivity contribution < 1.29 is 19.1 Å². The van der Waals surface area contributed by atoms with Gasteiger partial charge in [-0.25, -0.2) is 0 Å². The molecule has 0 saturated carbocycles. The summed E-state index contributed by atoms with van der Waals surface area (Å²) < 4.78 is 5.14. The third kappa shape index (κ3) is 5.23. The van der Waals surface area contributed by atoms with Crippen molar-refractivity contribution in [2.24, 2.45) is 0 Å². The fourth-order valence-corrected chi connectivity index (χ4v) is 2.94. The van der Waals surface area contributed by atoms with Gasteiger partial charge >= 0.3 is 5.97 Å². The van der Waals surface area contributed by atoms with Crippen LogP contribution in [0, 0.1) is 13.8 Å². The third-order valence-corrected chi connectivity index (χ3v) is 4.86. The molecule has 6 heteroatoms. The predicted octanol–water partition coefficient (Wildman–Crippen LogP) is 3.76. The summed E-state index contributed by atoms with van der Waals surface area (Å²) in [6.07, 6.45) is -0.998. The lowest BCUT2D eigenvalue weighted by atomic mass is 10.1. The van der Waals surface area contributed by atoms with E-state index in [0.717, 1.165) is 21.9 Å². The molecule has 30 heavy (non-hydrogen) atoms. The summed E-state index contributed by atoms with van der Waals surface area (Å²) >= 11 is 0. The van der Waals surface area contributed by atoms with Gasteiger partial charge in [-0.3, -0.25) is 14.4 Å². The van der Waals surface area contributed by atoms with Crippen LogP contribution in [0.4, 0.5) is 5.69 Å². The minimum atomic E-state index is -0.998. The van der Waals surface area contributed by atoms with E-state index in [0.29, 0.717) is 11.3 Å². The maximum Gasteiger partial charge on any atom is 0.326 e. The van der Waals surface area contributed by atoms with E-state index in [1.807, 2.05) is 56.3 Å². The highest BCUT2D eigenvalue weighted by molar-refractivity contribution is 5.98. The molecule has 6 nitrogen and oxygen atoms in total. The van der Waals surface area contributed by atoms with Gasteiger partial charge in [0.25, 0.3) is 11.8 Å². The lowest BCUT2D eigenvalue weighted by Gasteiger charge is -2.14. The number of amides is 2. The van der Waals surface area contributed by atoms with Gasteiger partial charge in [-0.1, -0.05) is 36.4 Å². The highest BCUT2D eigenvalue weighted by Crippen LogP contribution is 2.19. The van der Waals surface area contributed by atoms with E-state index in [4.69, 9.17) is 4.74 Å². The molecule has 0 heterocycles. The van der Waals surface area contributed by atoms with E-state index in [1.165, 1.54) is 6.92 Å². The average molecular weight is 404 g/mol. The highest BCUT2D eigenvalue weighted by Gasteiger charge is 2.19. The molecule has 0 saturated heterocycles. The molecule has 0 radical (unpaired) electrons. The molecule has 0 bridgehead atoms. The average Bonchev–Trinajstić information content (AvgIpc) is 2.73. The van der Waals surface area contributed by atoms with Crippen molar-refractivity contribution >= 4 is 34.2 Å². The summed E-state index contributed by atoms with van der Waals surface area (Å²) in [6, 6.07) is 18.7. The molecule has 1 atom stereocenters. The zero-order valence-electron chi connectivity index (χ0n) is 17.2. The van der Waals surface area contributed by atoms with Gasteiger partial charge in [-0.15, -0.1) is 0 Å². The third-order valence-electron chi connectivity index (χ3n) is 4.86. The summed E-state index contributed by atoms with van der Waals surface area (Å²) in [7, 11) is 0. The van der Waals surface area contributed by atoms with Crippen LogP contribution in [0.15, 0.2) is 60.7 Å². The molecule has 0 aliphatic rings. The van der Waals surface area contributed by atoms with Crippen LogP contribution in [0.1, 0.15) is 28.4 Å². The summed E-state index contributed by atoms with van der Waals surface area (Å²) in [5.74, 6) is -1.50. The normalized spacial score (nSPS) is 11.6. The number of nitrogens with one attached hydrogen (secondary N) is 2. The van der Waals surface area contributed by atoms with Crippen LogP contribution < -0.4 is 10.6 Å². The van der Waals surface area contributed by atoms with Gasteiger partial charge in [0.1, 0.15) is 6.54 Å². The van der Waals surface area contributed by atoms with Crippen molar-refractivity contribution in [1.29, 1.82) is 0 Å². The Kier molecular flexibility index (Phi) is 6.47. The minimum Gasteiger partial charge on any atom is -0.451 e. The van der Waals surface area contributed by atoms with Crippen molar-refractivity contribution in [2.45, 2.75) is 26.9 Å². The Labute approximate surface area is 175 Å². The second kappa shape index (κ2) is 9.22. The van der Waals surface area contributed by atoms with Crippen LogP contribution >= 0.6 is 0 Å². The molecular formula is C24H24N2O4. The number of ether oxygens (including phenoxy) is 1. The van der Waals surface area contributed by atoms with Crippen LogP contribution in [0.3, 0.4) is 0 Å². The Balaban J connectivity index is 1.50. The van der Waals surface area contributed by atoms with Gasteiger partial charge in [-0.05, 0) is 66.9 Å². The Morgan fingerprint density at radius 1 is 0.900 bits per heavy atom. The van der Waals surface area contributed by atoms with Crippen molar-refractivity contribution in [1.82, 2.24) is 5.32 Å². The number of aryl methyl sites for hydroxylation is 2. The molecule has 3 aromatic rings. The van der Waals surface area contributed by atoms with E-state index in [9.17, 15) is 14.4 Å². The number of carbonyl (C=O) groups is 3. The lowest BCUT2D eigenvalue weighted by Crippen LogP contribution is -2.35. The Hall–Kier alpha value is -3.67. The number of esters is 1. The highest BCUT2D eigenvalue weighted by atomic mass is 16.5. The molecule has 0 aliphatic heterocycles. The lowest BCUT2D eigenvalue weighted by molar-refractivity contribution is -0.152. The quantitative estimate of drug-likeness (QED) is 0.613. The van der Waals surface area contributed by atoms with Crippen LogP contribution in [0.2, 0.25) is 0 Å². The minimum absolute atomic E-state index is 0.320. The van der Waals surface area contributed by atoms with E-state index >= 15 is 0 Å². The first-order chi connectivity index (χ1) is 14.3. The Bertz CT molecular complexity index is 1110. The Morgan fingerprint density at radius 3 is 2.37 bits per heavy atom. The molecule has 0 fully saturated rings. The van der Waals surface area contributed by atoms with Gasteiger partial charge in [-0.2, -0.15) is 0 Å². The topological polar surface area (TPSA) is 84.5 Å². The van der Waals surface area contributed by atoms with Crippen LogP contribution in [-0.2, 0) is 14.3 Å². The van der Waals surface area contributed by atoms with Crippen molar-refractivity contribution in [2.75, 3.05) is 11.9 Å². The summed E-state index contributed by atoms with van der Waals surface area (Å²) in [5.41, 5.74) is 3.15. The number of rotatable bonds is 6. The number of hydrogen-bond acceptors (Lipinski definition) is 4. The van der Waals surface area contributed by atoms with E-state index in [1.54, 1.807) is 18.2 Å². The largest absolute Gasteiger partial charge is 0.451 e. The summed E-state index contributed by atoms with van der Waals surface area (Å²) in [4.78, 5) is 36.5. The number of fused-ring (bicyclic) bond motifs is 1. The summed E-state index contributed by atoms with van der Waals surface area (Å²) in [5, 5.41) is 7.31. The summed E-state index contributed by atoms with van der Waals surface area (Å²) in [6.45, 7) is 5.04. The zero-order valence-corrected chi connectivity index (χ0v) is 17.2. The first-order valence-corrected chi connectivity index (χ1v) is 9.68. The van der Waals surface area contributed by atoms with Crippen LogP contribution in [-0.4, -0.2) is 30.4 Å². The maximum absolute atomic E-state index is 12.3. The van der Waals surface area contributed by atoms with Gasteiger partial charge in [0.05, 0.1) is 0 Å². The molecule has 2 N–H and O–H groups in total. The molecule has 1 unspecified atom stereocenters. The van der Waals surface area contributed by atoms with Crippen LogP contribution in [0.5, 0.6) is 0 Å². The number of anilines is 1. The van der Waals surface area contributed by atoms with E-state index in [-0.39, 0.29) is 12.5 Å². The number of carbonyl (C=O) groups excluding carboxylic acids is 3. The van der Waals surface area contributed by atoms with Gasteiger partial charge < -0.3 is 15.4 Å². The number of hydrogen-bond donors (Lipinski definition) is 2. The molecule has 0 aliphatic carbocycles. The molecule has 0 spiro atoms.